The summed E-state index contributed by atoms with van der Waals surface area (Å²) >= 11 is 0. The van der Waals surface area contributed by atoms with E-state index in [0.717, 1.165) is 12.8 Å². The van der Waals surface area contributed by atoms with Gasteiger partial charge < -0.3 is 0 Å². The lowest BCUT2D eigenvalue weighted by atomic mass is 9.92. The Labute approximate surface area is 185 Å². The van der Waals surface area contributed by atoms with E-state index in [0.29, 0.717) is 0 Å². The van der Waals surface area contributed by atoms with Gasteiger partial charge >= 0.3 is 0 Å². The van der Waals surface area contributed by atoms with Crippen LogP contribution in [0.5, 0.6) is 0 Å². The maximum absolute atomic E-state index is 2.38. The molecular formula is C30H28N+. The standard InChI is InChI=1S/C30H28N/c1-17-13-19(3)20(4)25(14-17)30-27-16-22-9-10-23-26(29(22)24(27)11-12-31(30)5)15-21-8-6-7-18(2)28(21)23/h6-14H,15-16H2,1-5H3/q+1. The van der Waals surface area contributed by atoms with E-state index >= 15 is 0 Å². The summed E-state index contributed by atoms with van der Waals surface area (Å²) in [6.07, 6.45) is 4.32. The largest absolute Gasteiger partial charge is 0.216 e. The first kappa shape index (κ1) is 18.6. The lowest BCUT2D eigenvalue weighted by molar-refractivity contribution is -0.660. The number of benzene rings is 3. The Morgan fingerprint density at radius 3 is 2.26 bits per heavy atom. The van der Waals surface area contributed by atoms with E-state index in [-0.39, 0.29) is 0 Å². The van der Waals surface area contributed by atoms with E-state index in [9.17, 15) is 0 Å². The molecule has 0 spiro atoms. The highest BCUT2D eigenvalue weighted by atomic mass is 14.9. The Morgan fingerprint density at radius 1 is 0.677 bits per heavy atom. The molecule has 0 fully saturated rings. The van der Waals surface area contributed by atoms with Gasteiger partial charge in [-0.25, -0.2) is 4.57 Å². The maximum Gasteiger partial charge on any atom is 0.216 e. The van der Waals surface area contributed by atoms with E-state index in [1.165, 1.54) is 78.0 Å². The molecule has 1 heterocycles. The van der Waals surface area contributed by atoms with Crippen LogP contribution in [-0.4, -0.2) is 0 Å². The molecular weight excluding hydrogens is 374 g/mol. The summed E-state index contributed by atoms with van der Waals surface area (Å²) in [5.41, 5.74) is 20.0. The van der Waals surface area contributed by atoms with Crippen LogP contribution in [-0.2, 0) is 19.9 Å². The minimum absolute atomic E-state index is 1.02. The van der Waals surface area contributed by atoms with Crippen molar-refractivity contribution in [3.63, 3.8) is 0 Å². The highest BCUT2D eigenvalue weighted by molar-refractivity contribution is 5.92. The van der Waals surface area contributed by atoms with Gasteiger partial charge in [0.25, 0.3) is 0 Å². The second kappa shape index (κ2) is 6.40. The fraction of sp³-hybridized carbons (Fsp3) is 0.233. The zero-order chi connectivity index (χ0) is 21.4. The Morgan fingerprint density at radius 2 is 1.42 bits per heavy atom. The Bertz CT molecular complexity index is 1420. The van der Waals surface area contributed by atoms with Gasteiger partial charge in [0.1, 0.15) is 7.05 Å². The molecule has 1 nitrogen and oxygen atoms in total. The summed E-state index contributed by atoms with van der Waals surface area (Å²) in [6.45, 7) is 8.95. The van der Waals surface area contributed by atoms with E-state index in [2.05, 4.69) is 94.0 Å². The van der Waals surface area contributed by atoms with Crippen LogP contribution in [0.2, 0.25) is 0 Å². The second-order valence-electron chi connectivity index (χ2n) is 9.51. The molecule has 0 aliphatic heterocycles. The molecule has 3 aromatic carbocycles. The summed E-state index contributed by atoms with van der Waals surface area (Å²) < 4.78 is 2.32. The fourth-order valence-electron chi connectivity index (χ4n) is 5.99. The van der Waals surface area contributed by atoms with Crippen LogP contribution < -0.4 is 4.57 Å². The predicted octanol–water partition coefficient (Wildman–Crippen LogP) is 6.55. The molecule has 0 unspecified atom stereocenters. The number of pyridine rings is 1. The van der Waals surface area contributed by atoms with Crippen LogP contribution in [0, 0.1) is 27.7 Å². The number of hydrogen-bond acceptors (Lipinski definition) is 0. The lowest BCUT2D eigenvalue weighted by Crippen LogP contribution is -2.32. The highest BCUT2D eigenvalue weighted by Crippen LogP contribution is 2.49. The molecule has 0 radical (unpaired) electrons. The lowest BCUT2D eigenvalue weighted by Gasteiger charge is -2.13. The first-order valence-corrected chi connectivity index (χ1v) is 11.3. The van der Waals surface area contributed by atoms with Gasteiger partial charge in [0, 0.05) is 23.6 Å². The Balaban J connectivity index is 1.61. The molecule has 0 saturated carbocycles. The quantitative estimate of drug-likeness (QED) is 0.274. The van der Waals surface area contributed by atoms with Crippen molar-refractivity contribution in [3.8, 4) is 33.5 Å². The van der Waals surface area contributed by atoms with Gasteiger partial charge in [-0.2, -0.15) is 0 Å². The Hall–Kier alpha value is -3.19. The molecule has 31 heavy (non-hydrogen) atoms. The van der Waals surface area contributed by atoms with Gasteiger partial charge in [0.2, 0.25) is 5.69 Å². The van der Waals surface area contributed by atoms with Crippen molar-refractivity contribution in [3.05, 3.63) is 99.2 Å². The van der Waals surface area contributed by atoms with Gasteiger partial charge in [-0.15, -0.1) is 0 Å². The minimum atomic E-state index is 1.02. The molecule has 0 bridgehead atoms. The van der Waals surface area contributed by atoms with E-state index in [4.69, 9.17) is 0 Å². The molecule has 152 valence electrons. The van der Waals surface area contributed by atoms with Crippen molar-refractivity contribution >= 4 is 0 Å². The normalized spacial score (nSPS) is 13.1. The Kier molecular flexibility index (Phi) is 3.84. The average molecular weight is 403 g/mol. The van der Waals surface area contributed by atoms with Crippen molar-refractivity contribution in [2.24, 2.45) is 7.05 Å². The third-order valence-electron chi connectivity index (χ3n) is 7.53. The number of aryl methyl sites for hydroxylation is 4. The van der Waals surface area contributed by atoms with Crippen LogP contribution in [0.25, 0.3) is 33.5 Å². The monoisotopic (exact) mass is 402 g/mol. The maximum atomic E-state index is 2.38. The number of rotatable bonds is 1. The molecule has 0 N–H and O–H groups in total. The summed E-state index contributed by atoms with van der Waals surface area (Å²) in [7, 11) is 2.19. The van der Waals surface area contributed by atoms with Crippen LogP contribution in [0.1, 0.15) is 44.5 Å². The van der Waals surface area contributed by atoms with Gasteiger partial charge in [0.05, 0.1) is 0 Å². The first-order chi connectivity index (χ1) is 14.9. The summed E-state index contributed by atoms with van der Waals surface area (Å²) in [5.74, 6) is 0. The van der Waals surface area contributed by atoms with Crippen molar-refractivity contribution in [2.45, 2.75) is 40.5 Å². The van der Waals surface area contributed by atoms with Crippen LogP contribution in [0.4, 0.5) is 0 Å². The van der Waals surface area contributed by atoms with Crippen LogP contribution >= 0.6 is 0 Å². The molecule has 4 aromatic rings. The van der Waals surface area contributed by atoms with Gasteiger partial charge in [0.15, 0.2) is 6.20 Å². The molecule has 0 saturated heterocycles. The number of nitrogens with zero attached hydrogens (tertiary/aromatic N) is 1. The van der Waals surface area contributed by atoms with Gasteiger partial charge in [-0.05, 0) is 95.8 Å². The molecule has 0 atom stereocenters. The smallest absolute Gasteiger partial charge is 0.201 e. The highest BCUT2D eigenvalue weighted by Gasteiger charge is 2.33. The summed E-state index contributed by atoms with van der Waals surface area (Å²) in [6, 6.07) is 18.5. The van der Waals surface area contributed by atoms with Crippen molar-refractivity contribution in [1.82, 2.24) is 0 Å². The van der Waals surface area contributed by atoms with E-state index < -0.39 is 0 Å². The zero-order valence-corrected chi connectivity index (χ0v) is 19.1. The average Bonchev–Trinajstić information content (AvgIpc) is 3.29. The van der Waals surface area contributed by atoms with Gasteiger partial charge in [-0.1, -0.05) is 42.0 Å². The fourth-order valence-corrected chi connectivity index (χ4v) is 5.99. The minimum Gasteiger partial charge on any atom is -0.201 e. The topological polar surface area (TPSA) is 3.88 Å². The van der Waals surface area contributed by atoms with Crippen LogP contribution in [0.15, 0.2) is 54.7 Å². The number of fused-ring (bicyclic) bond motifs is 7. The third-order valence-corrected chi connectivity index (χ3v) is 7.53. The van der Waals surface area contributed by atoms with Crippen molar-refractivity contribution in [1.29, 1.82) is 0 Å². The van der Waals surface area contributed by atoms with Crippen LogP contribution in [0.3, 0.4) is 0 Å². The second-order valence-corrected chi connectivity index (χ2v) is 9.51. The molecule has 2 aliphatic rings. The third kappa shape index (κ3) is 2.53. The molecule has 2 aliphatic carbocycles. The number of hydrogen-bond donors (Lipinski definition) is 0. The van der Waals surface area contributed by atoms with Crippen molar-refractivity contribution in [2.75, 3.05) is 0 Å². The van der Waals surface area contributed by atoms with E-state index in [1.54, 1.807) is 0 Å². The van der Waals surface area contributed by atoms with Gasteiger partial charge in [-0.3, -0.25) is 0 Å². The van der Waals surface area contributed by atoms with Crippen molar-refractivity contribution < 1.29 is 4.57 Å². The number of aromatic nitrogens is 1. The first-order valence-electron chi connectivity index (χ1n) is 11.3. The molecule has 6 rings (SSSR count). The zero-order valence-electron chi connectivity index (χ0n) is 19.1. The molecule has 1 heteroatoms. The van der Waals surface area contributed by atoms with E-state index in [1.807, 2.05) is 0 Å². The molecule has 1 aromatic heterocycles. The molecule has 0 amide bonds. The SMILES string of the molecule is Cc1cc(C)c(C)c(-c2c3c(cc[n+]2C)-c2c(ccc4c2Cc2cccc(C)c2-4)C3)c1. The predicted molar refractivity (Wildman–Crippen MR) is 128 cm³/mol. The summed E-state index contributed by atoms with van der Waals surface area (Å²) in [5, 5.41) is 0. The summed E-state index contributed by atoms with van der Waals surface area (Å²) in [4.78, 5) is 0.